The Hall–Kier alpha value is -3.16. The maximum atomic E-state index is 11.4. The molecule has 1 aliphatic heterocycles. The van der Waals surface area contributed by atoms with E-state index in [1.54, 1.807) is 33.8 Å². The lowest BCUT2D eigenvalue weighted by Gasteiger charge is -2.33. The first kappa shape index (κ1) is 25.9. The second kappa shape index (κ2) is 9.05. The van der Waals surface area contributed by atoms with Crippen molar-refractivity contribution in [3.63, 3.8) is 0 Å². The molecule has 0 unspecified atom stereocenters. The first-order chi connectivity index (χ1) is 16.6. The number of aromatic hydroxyl groups is 3. The number of furan rings is 1. The van der Waals surface area contributed by atoms with Gasteiger partial charge in [-0.15, -0.1) is 0 Å². The minimum absolute atomic E-state index is 0.00548. The van der Waals surface area contributed by atoms with E-state index in [9.17, 15) is 25.5 Å². The van der Waals surface area contributed by atoms with Crippen LogP contribution in [0.5, 0.6) is 23.0 Å². The van der Waals surface area contributed by atoms with Crippen molar-refractivity contribution < 1.29 is 34.7 Å². The van der Waals surface area contributed by atoms with Gasteiger partial charge in [0.05, 0.1) is 16.8 Å². The second-order valence-corrected chi connectivity index (χ2v) is 11.4. The normalized spacial score (nSPS) is 17.9. The fraction of sp³-hybridized carbons (Fsp3) is 0.448. The predicted molar refractivity (Wildman–Crippen MR) is 139 cm³/mol. The van der Waals surface area contributed by atoms with Gasteiger partial charge in [0.25, 0.3) is 0 Å². The van der Waals surface area contributed by atoms with Crippen molar-refractivity contribution >= 4 is 17.0 Å². The van der Waals surface area contributed by atoms with Crippen molar-refractivity contribution in [3.05, 3.63) is 41.5 Å². The number of aryl methyl sites for hydroxylation is 1. The molecule has 0 fully saturated rings. The molecule has 2 aromatic carbocycles. The average Bonchev–Trinajstić information content (AvgIpc) is 3.16. The van der Waals surface area contributed by atoms with E-state index in [0.29, 0.717) is 64.9 Å². The Bertz CT molecular complexity index is 1280. The molecule has 0 saturated heterocycles. The maximum Gasteiger partial charge on any atom is 0.173 e. The molecular formula is C29H36O7. The van der Waals surface area contributed by atoms with Crippen molar-refractivity contribution in [2.45, 2.75) is 83.5 Å². The van der Waals surface area contributed by atoms with Gasteiger partial charge >= 0.3 is 0 Å². The van der Waals surface area contributed by atoms with Crippen molar-refractivity contribution in [2.75, 3.05) is 0 Å². The van der Waals surface area contributed by atoms with Crippen LogP contribution in [0.25, 0.3) is 28.4 Å². The van der Waals surface area contributed by atoms with Gasteiger partial charge in [-0.3, -0.25) is 0 Å². The summed E-state index contributed by atoms with van der Waals surface area (Å²) >= 11 is 0. The van der Waals surface area contributed by atoms with E-state index >= 15 is 0 Å². The highest BCUT2D eigenvalue weighted by Gasteiger charge is 2.33. The zero-order chi connectivity index (χ0) is 26.5. The van der Waals surface area contributed by atoms with E-state index in [1.165, 1.54) is 18.2 Å². The Morgan fingerprint density at radius 3 is 2.14 bits per heavy atom. The van der Waals surface area contributed by atoms with E-state index in [1.807, 2.05) is 19.1 Å². The van der Waals surface area contributed by atoms with Crippen LogP contribution in [0.1, 0.15) is 71.4 Å². The van der Waals surface area contributed by atoms with Crippen molar-refractivity contribution in [1.29, 1.82) is 0 Å². The molecule has 0 saturated carbocycles. The van der Waals surface area contributed by atoms with E-state index in [0.717, 1.165) is 6.42 Å². The summed E-state index contributed by atoms with van der Waals surface area (Å²) < 4.78 is 12.6. The number of phenolic OH excluding ortho intramolecular Hbond substituents is 3. The molecule has 0 aliphatic carbocycles. The van der Waals surface area contributed by atoms with Crippen LogP contribution in [0.4, 0.5) is 0 Å². The van der Waals surface area contributed by atoms with E-state index in [2.05, 4.69) is 0 Å². The summed E-state index contributed by atoms with van der Waals surface area (Å²) in [6.45, 7) is 8.94. The molecule has 4 rings (SSSR count). The lowest BCUT2D eigenvalue weighted by atomic mass is 9.89. The number of aliphatic hydroxyl groups is 2. The molecule has 36 heavy (non-hydrogen) atoms. The summed E-state index contributed by atoms with van der Waals surface area (Å²) in [4.78, 5) is 0. The quantitative estimate of drug-likeness (QED) is 0.258. The molecule has 0 bridgehead atoms. The lowest BCUT2D eigenvalue weighted by molar-refractivity contribution is 0.0569. The Balaban J connectivity index is 1.81. The minimum atomic E-state index is -0.940. The Labute approximate surface area is 211 Å². The van der Waals surface area contributed by atoms with Gasteiger partial charge < -0.3 is 34.7 Å². The van der Waals surface area contributed by atoms with Crippen LogP contribution in [0.2, 0.25) is 0 Å². The number of fused-ring (bicyclic) bond motifs is 3. The van der Waals surface area contributed by atoms with Gasteiger partial charge in [0.15, 0.2) is 11.5 Å². The highest BCUT2D eigenvalue weighted by atomic mass is 16.5. The molecule has 7 heteroatoms. The summed E-state index contributed by atoms with van der Waals surface area (Å²) in [5, 5.41) is 52.4. The zero-order valence-electron chi connectivity index (χ0n) is 21.6. The highest BCUT2D eigenvalue weighted by Crippen LogP contribution is 2.49. The third-order valence-electron chi connectivity index (χ3n) is 6.62. The largest absolute Gasteiger partial charge is 0.508 e. The molecule has 194 valence electrons. The summed E-state index contributed by atoms with van der Waals surface area (Å²) in [6.07, 6.45) is 6.62. The summed E-state index contributed by atoms with van der Waals surface area (Å²) in [5.41, 5.74) is -0.183. The van der Waals surface area contributed by atoms with Crippen LogP contribution in [-0.4, -0.2) is 42.3 Å². The van der Waals surface area contributed by atoms with Crippen LogP contribution < -0.4 is 4.74 Å². The number of rotatable bonds is 8. The molecular weight excluding hydrogens is 460 g/mol. The van der Waals surface area contributed by atoms with Gasteiger partial charge in [-0.1, -0.05) is 0 Å². The molecule has 5 N–H and O–H groups in total. The van der Waals surface area contributed by atoms with Crippen molar-refractivity contribution in [2.24, 2.45) is 0 Å². The van der Waals surface area contributed by atoms with E-state index in [4.69, 9.17) is 9.15 Å². The Morgan fingerprint density at radius 2 is 1.53 bits per heavy atom. The van der Waals surface area contributed by atoms with E-state index in [-0.39, 0.29) is 17.2 Å². The van der Waals surface area contributed by atoms with Crippen molar-refractivity contribution in [3.8, 4) is 34.3 Å². The highest BCUT2D eigenvalue weighted by molar-refractivity contribution is 5.97. The van der Waals surface area contributed by atoms with E-state index < -0.39 is 16.8 Å². The summed E-state index contributed by atoms with van der Waals surface area (Å²) in [5.74, 6) is 0.553. The smallest absolute Gasteiger partial charge is 0.173 e. The van der Waals surface area contributed by atoms with Gasteiger partial charge in [-0.25, -0.2) is 0 Å². The van der Waals surface area contributed by atoms with Crippen LogP contribution >= 0.6 is 0 Å². The molecule has 2 heterocycles. The van der Waals surface area contributed by atoms with Crippen molar-refractivity contribution in [1.82, 2.24) is 0 Å². The van der Waals surface area contributed by atoms with Crippen LogP contribution in [0, 0.1) is 0 Å². The molecule has 0 amide bonds. The maximum absolute atomic E-state index is 11.4. The molecule has 0 spiro atoms. The Morgan fingerprint density at radius 1 is 0.889 bits per heavy atom. The second-order valence-electron chi connectivity index (χ2n) is 11.4. The zero-order valence-corrected chi connectivity index (χ0v) is 21.6. The monoisotopic (exact) mass is 496 g/mol. The third-order valence-corrected chi connectivity index (χ3v) is 6.62. The molecule has 1 aliphatic rings. The predicted octanol–water partition coefficient (Wildman–Crippen LogP) is 6.03. The van der Waals surface area contributed by atoms with Crippen LogP contribution in [-0.2, 0) is 6.42 Å². The van der Waals surface area contributed by atoms with Gasteiger partial charge in [-0.2, -0.15) is 0 Å². The number of hydrogen-bond donors (Lipinski definition) is 5. The van der Waals surface area contributed by atoms with Crippen LogP contribution in [0.3, 0.4) is 0 Å². The fourth-order valence-corrected chi connectivity index (χ4v) is 4.66. The minimum Gasteiger partial charge on any atom is -0.508 e. The van der Waals surface area contributed by atoms with Gasteiger partial charge in [0.2, 0.25) is 0 Å². The summed E-state index contributed by atoms with van der Waals surface area (Å²) in [6, 6.07) is 6.00. The first-order valence-corrected chi connectivity index (χ1v) is 12.3. The molecule has 3 aromatic rings. The Kier molecular flexibility index (Phi) is 6.52. The first-order valence-electron chi connectivity index (χ1n) is 12.3. The summed E-state index contributed by atoms with van der Waals surface area (Å²) in [7, 11) is 0. The fourth-order valence-electron chi connectivity index (χ4n) is 4.66. The number of hydrogen-bond acceptors (Lipinski definition) is 7. The molecule has 1 aromatic heterocycles. The average molecular weight is 497 g/mol. The van der Waals surface area contributed by atoms with Gasteiger partial charge in [0.1, 0.15) is 28.4 Å². The van der Waals surface area contributed by atoms with Gasteiger partial charge in [0, 0.05) is 22.6 Å². The number of phenols is 3. The number of benzene rings is 2. The number of ether oxygens (including phenoxy) is 1. The molecule has 0 radical (unpaired) electrons. The molecule has 1 atom stereocenters. The standard InChI is InChI=1S/C29H36O7/c1-27(2,33)9-6-10-29(5)12-8-21-25-22(16-23(35-25)17-13-18(30)15-19(31)14-17)20(7-11-28(3,4)34)24(32)26(21)36-29/h8,12-16,30-34H,6-7,9-11H2,1-5H3/t29-/m0/s1. The molecule has 7 nitrogen and oxygen atoms in total. The van der Waals surface area contributed by atoms with Gasteiger partial charge in [-0.05, 0) is 97.1 Å². The topological polar surface area (TPSA) is 124 Å². The van der Waals surface area contributed by atoms with Crippen LogP contribution in [0.15, 0.2) is 34.8 Å². The third kappa shape index (κ3) is 5.63. The lowest BCUT2D eigenvalue weighted by Crippen LogP contribution is -2.33. The SMILES string of the molecule is CC(C)(O)CCC[C@@]1(C)C=Cc2c(c(O)c(CCC(C)(C)O)c3cc(-c4cc(O)cc(O)c4)oc23)O1.